The number of aryl methyl sites for hydroxylation is 1. The predicted molar refractivity (Wildman–Crippen MR) is 122 cm³/mol. The normalized spacial score (nSPS) is 10.5. The first-order valence-electron chi connectivity index (χ1n) is 9.83. The highest BCUT2D eigenvalue weighted by Gasteiger charge is 2.16. The zero-order valence-electron chi connectivity index (χ0n) is 17.5. The van der Waals surface area contributed by atoms with Crippen LogP contribution < -0.4 is 5.32 Å². The first-order chi connectivity index (χ1) is 15.0. The molecule has 31 heavy (non-hydrogen) atoms. The molecule has 0 unspecified atom stereocenters. The van der Waals surface area contributed by atoms with Gasteiger partial charge in [0.05, 0.1) is 17.9 Å². The summed E-state index contributed by atoms with van der Waals surface area (Å²) in [5.74, 6) is 0.347. The molecular weight excluding hydrogens is 412 g/mol. The van der Waals surface area contributed by atoms with Gasteiger partial charge in [0.15, 0.2) is 11.0 Å². The number of amides is 1. The number of hydrogen-bond acceptors (Lipinski definition) is 6. The van der Waals surface area contributed by atoms with Gasteiger partial charge in [0, 0.05) is 17.8 Å². The number of aromatic nitrogens is 3. The van der Waals surface area contributed by atoms with E-state index in [0.29, 0.717) is 29.6 Å². The SMILES string of the molecule is C=CCn1c(SCC(=O)Nc2ccc(C(=O)OCC)cc2)nnc1-c1ccccc1C. The molecule has 7 nitrogen and oxygen atoms in total. The molecule has 0 saturated heterocycles. The minimum Gasteiger partial charge on any atom is -0.462 e. The lowest BCUT2D eigenvalue weighted by molar-refractivity contribution is -0.113. The predicted octanol–water partition coefficient (Wildman–Crippen LogP) is 4.35. The highest BCUT2D eigenvalue weighted by atomic mass is 32.2. The first-order valence-corrected chi connectivity index (χ1v) is 10.8. The lowest BCUT2D eigenvalue weighted by Gasteiger charge is -2.10. The third kappa shape index (κ3) is 5.61. The van der Waals surface area contributed by atoms with Crippen LogP contribution in [0.3, 0.4) is 0 Å². The second-order valence-corrected chi connectivity index (χ2v) is 7.60. The fourth-order valence-electron chi connectivity index (χ4n) is 2.94. The molecule has 0 aliphatic heterocycles. The van der Waals surface area contributed by atoms with E-state index in [1.54, 1.807) is 37.3 Å². The fourth-order valence-corrected chi connectivity index (χ4v) is 3.69. The first kappa shape index (κ1) is 22.3. The number of esters is 1. The lowest BCUT2D eigenvalue weighted by atomic mass is 10.1. The lowest BCUT2D eigenvalue weighted by Crippen LogP contribution is -2.15. The zero-order valence-corrected chi connectivity index (χ0v) is 18.3. The van der Waals surface area contributed by atoms with E-state index < -0.39 is 0 Å². The second-order valence-electron chi connectivity index (χ2n) is 6.66. The van der Waals surface area contributed by atoms with Crippen molar-refractivity contribution >= 4 is 29.3 Å². The molecule has 0 spiro atoms. The Morgan fingerprint density at radius 3 is 2.58 bits per heavy atom. The maximum Gasteiger partial charge on any atom is 0.338 e. The molecule has 0 atom stereocenters. The molecule has 0 saturated carbocycles. The Kier molecular flexibility index (Phi) is 7.61. The molecule has 0 radical (unpaired) electrons. The van der Waals surface area contributed by atoms with E-state index in [1.807, 2.05) is 35.8 Å². The molecule has 2 aromatic carbocycles. The van der Waals surface area contributed by atoms with Gasteiger partial charge in [-0.2, -0.15) is 0 Å². The Balaban J connectivity index is 1.66. The van der Waals surface area contributed by atoms with Crippen molar-refractivity contribution in [2.75, 3.05) is 17.7 Å². The number of hydrogen-bond donors (Lipinski definition) is 1. The van der Waals surface area contributed by atoms with Crippen LogP contribution in [-0.2, 0) is 16.1 Å². The van der Waals surface area contributed by atoms with Crippen LogP contribution in [0.25, 0.3) is 11.4 Å². The van der Waals surface area contributed by atoms with Crippen LogP contribution in [-0.4, -0.2) is 39.0 Å². The number of thioether (sulfide) groups is 1. The molecule has 1 amide bonds. The molecule has 0 aliphatic carbocycles. The van der Waals surface area contributed by atoms with Gasteiger partial charge in [0.2, 0.25) is 5.91 Å². The van der Waals surface area contributed by atoms with Crippen molar-refractivity contribution in [1.29, 1.82) is 0 Å². The summed E-state index contributed by atoms with van der Waals surface area (Å²) < 4.78 is 6.90. The number of rotatable bonds is 9. The smallest absolute Gasteiger partial charge is 0.338 e. The molecule has 1 aromatic heterocycles. The Morgan fingerprint density at radius 2 is 1.90 bits per heavy atom. The molecular formula is C23H24N4O3S. The molecule has 0 aliphatic rings. The van der Waals surface area contributed by atoms with Crippen LogP contribution >= 0.6 is 11.8 Å². The van der Waals surface area contributed by atoms with Gasteiger partial charge < -0.3 is 10.1 Å². The van der Waals surface area contributed by atoms with Crippen LogP contribution in [0.1, 0.15) is 22.8 Å². The quantitative estimate of drug-likeness (QED) is 0.305. The molecule has 1 N–H and O–H groups in total. The highest BCUT2D eigenvalue weighted by Crippen LogP contribution is 2.26. The number of ether oxygens (including phenoxy) is 1. The summed E-state index contributed by atoms with van der Waals surface area (Å²) in [6, 6.07) is 14.5. The van der Waals surface area contributed by atoms with Gasteiger partial charge in [-0.1, -0.05) is 42.1 Å². The van der Waals surface area contributed by atoms with Crippen LogP contribution in [0.2, 0.25) is 0 Å². The maximum absolute atomic E-state index is 12.4. The van der Waals surface area contributed by atoms with Crippen LogP contribution in [0.5, 0.6) is 0 Å². The summed E-state index contributed by atoms with van der Waals surface area (Å²) >= 11 is 1.31. The van der Waals surface area contributed by atoms with Crippen molar-refractivity contribution in [3.05, 3.63) is 72.3 Å². The summed E-state index contributed by atoms with van der Waals surface area (Å²) in [7, 11) is 0. The van der Waals surface area contributed by atoms with Crippen LogP contribution in [0.4, 0.5) is 5.69 Å². The van der Waals surface area contributed by atoms with Crippen LogP contribution in [0.15, 0.2) is 66.3 Å². The van der Waals surface area contributed by atoms with Crippen LogP contribution in [0, 0.1) is 6.92 Å². The molecule has 0 fully saturated rings. The van der Waals surface area contributed by atoms with E-state index in [4.69, 9.17) is 4.74 Å². The van der Waals surface area contributed by atoms with Crippen molar-refractivity contribution in [2.45, 2.75) is 25.5 Å². The Hall–Kier alpha value is -3.39. The Morgan fingerprint density at radius 1 is 1.16 bits per heavy atom. The summed E-state index contributed by atoms with van der Waals surface area (Å²) in [4.78, 5) is 24.1. The number of carbonyl (C=O) groups is 2. The minimum atomic E-state index is -0.387. The van der Waals surface area contributed by atoms with Gasteiger partial charge >= 0.3 is 5.97 Å². The van der Waals surface area contributed by atoms with E-state index in [1.165, 1.54) is 11.8 Å². The maximum atomic E-state index is 12.4. The highest BCUT2D eigenvalue weighted by molar-refractivity contribution is 7.99. The summed E-state index contributed by atoms with van der Waals surface area (Å²) in [5.41, 5.74) is 3.14. The molecule has 8 heteroatoms. The zero-order chi connectivity index (χ0) is 22.2. The summed E-state index contributed by atoms with van der Waals surface area (Å²) in [6.45, 7) is 8.45. The summed E-state index contributed by atoms with van der Waals surface area (Å²) in [5, 5.41) is 12.1. The fraction of sp³-hybridized carbons (Fsp3) is 0.217. The van der Waals surface area contributed by atoms with E-state index in [0.717, 1.165) is 17.0 Å². The number of nitrogens with one attached hydrogen (secondary N) is 1. The number of anilines is 1. The van der Waals surface area contributed by atoms with Crippen molar-refractivity contribution in [1.82, 2.24) is 14.8 Å². The molecule has 1 heterocycles. The van der Waals surface area contributed by atoms with Gasteiger partial charge in [0.25, 0.3) is 0 Å². The molecule has 3 aromatic rings. The number of carbonyl (C=O) groups excluding carboxylic acids is 2. The monoisotopic (exact) mass is 436 g/mol. The van der Waals surface area contributed by atoms with Gasteiger partial charge in [-0.25, -0.2) is 4.79 Å². The van der Waals surface area contributed by atoms with Gasteiger partial charge in [0.1, 0.15) is 0 Å². The van der Waals surface area contributed by atoms with E-state index >= 15 is 0 Å². The average Bonchev–Trinajstić information content (AvgIpc) is 3.16. The van der Waals surface area contributed by atoms with E-state index in [2.05, 4.69) is 22.1 Å². The topological polar surface area (TPSA) is 86.1 Å². The van der Waals surface area contributed by atoms with Crippen molar-refractivity contribution < 1.29 is 14.3 Å². The average molecular weight is 437 g/mol. The second kappa shape index (κ2) is 10.6. The summed E-state index contributed by atoms with van der Waals surface area (Å²) in [6.07, 6.45) is 1.78. The minimum absolute atomic E-state index is 0.169. The van der Waals surface area contributed by atoms with Gasteiger partial charge in [-0.3, -0.25) is 9.36 Å². The molecule has 0 bridgehead atoms. The van der Waals surface area contributed by atoms with E-state index in [9.17, 15) is 9.59 Å². The Labute approximate surface area is 185 Å². The van der Waals surface area contributed by atoms with Gasteiger partial charge in [-0.05, 0) is 43.7 Å². The van der Waals surface area contributed by atoms with Gasteiger partial charge in [-0.15, -0.1) is 16.8 Å². The Bertz CT molecular complexity index is 1080. The van der Waals surface area contributed by atoms with Crippen molar-refractivity contribution in [3.8, 4) is 11.4 Å². The number of nitrogens with zero attached hydrogens (tertiary/aromatic N) is 3. The third-order valence-corrected chi connectivity index (χ3v) is 5.39. The number of allylic oxidation sites excluding steroid dienone is 1. The van der Waals surface area contributed by atoms with Crippen molar-refractivity contribution in [3.63, 3.8) is 0 Å². The van der Waals surface area contributed by atoms with Crippen molar-refractivity contribution in [2.24, 2.45) is 0 Å². The standard InChI is InChI=1S/C23H24N4O3S/c1-4-14-27-21(19-9-7-6-8-16(19)3)25-26-23(27)31-15-20(28)24-18-12-10-17(11-13-18)22(29)30-5-2/h4,6-13H,1,5,14-15H2,2-3H3,(H,24,28). The van der Waals surface area contributed by atoms with E-state index in [-0.39, 0.29) is 17.6 Å². The largest absolute Gasteiger partial charge is 0.462 e. The molecule has 3 rings (SSSR count). The molecule has 160 valence electrons. The number of benzene rings is 2. The third-order valence-electron chi connectivity index (χ3n) is 4.43.